The van der Waals surface area contributed by atoms with Gasteiger partial charge in [-0.25, -0.2) is 4.79 Å². The van der Waals surface area contributed by atoms with Gasteiger partial charge in [0.25, 0.3) is 0 Å². The highest BCUT2D eigenvalue weighted by molar-refractivity contribution is 5.68. The number of hydrogen-bond acceptors (Lipinski definition) is 3. The van der Waals surface area contributed by atoms with Gasteiger partial charge >= 0.3 is 6.09 Å². The average Bonchev–Trinajstić information content (AvgIpc) is 2.52. The molecule has 144 valence electrons. The second-order valence-corrected chi connectivity index (χ2v) is 7.42. The third kappa shape index (κ3) is 13.4. The molecule has 0 aliphatic heterocycles. The molecule has 1 amide bonds. The molecule has 0 spiro atoms. The lowest BCUT2D eigenvalue weighted by Crippen LogP contribution is -2.41. The summed E-state index contributed by atoms with van der Waals surface area (Å²) in [6.07, 6.45) is 1.34. The Morgan fingerprint density at radius 3 is 2.24 bits per heavy atom. The normalized spacial score (nSPS) is 12.2. The minimum atomic E-state index is -0.475. The Balaban J connectivity index is 0.00000277. The van der Waals surface area contributed by atoms with Crippen molar-refractivity contribution in [2.75, 3.05) is 13.1 Å². The van der Waals surface area contributed by atoms with Crippen molar-refractivity contribution < 1.29 is 9.53 Å². The molecule has 0 radical (unpaired) electrons. The van der Waals surface area contributed by atoms with Gasteiger partial charge in [0.1, 0.15) is 5.60 Å². The summed E-state index contributed by atoms with van der Waals surface area (Å²) >= 11 is 0. The lowest BCUT2D eigenvalue weighted by Gasteiger charge is -2.24. The van der Waals surface area contributed by atoms with Gasteiger partial charge in [0.2, 0.25) is 0 Å². The van der Waals surface area contributed by atoms with E-state index in [1.54, 1.807) is 0 Å². The average molecular weight is 351 g/mol. The first-order chi connectivity index (χ1) is 11.8. The Hall–Kier alpha value is -1.55. The molecule has 0 unspecified atom stereocenters. The van der Waals surface area contributed by atoms with Crippen molar-refractivity contribution in [3.05, 3.63) is 35.9 Å². The molecule has 0 saturated carbocycles. The molecular weight excluding hydrogens is 312 g/mol. The van der Waals surface area contributed by atoms with Crippen LogP contribution in [0.15, 0.2) is 30.3 Å². The Kier molecular flexibility index (Phi) is 12.0. The molecular formula is C21H38N2O2. The minimum Gasteiger partial charge on any atom is -0.444 e. The molecule has 0 aliphatic rings. The molecule has 0 bridgehead atoms. The number of nitrogens with one attached hydrogen (secondary N) is 2. The topological polar surface area (TPSA) is 50.4 Å². The molecule has 2 N–H and O–H groups in total. The fourth-order valence-electron chi connectivity index (χ4n) is 2.27. The van der Waals surface area contributed by atoms with Crippen molar-refractivity contribution in [1.29, 1.82) is 0 Å². The van der Waals surface area contributed by atoms with E-state index in [0.29, 0.717) is 5.92 Å². The lowest BCUT2D eigenvalue weighted by molar-refractivity contribution is 0.0502. The first kappa shape index (κ1) is 23.4. The second-order valence-electron chi connectivity index (χ2n) is 7.42. The summed E-state index contributed by atoms with van der Waals surface area (Å²) in [5.74, 6) is 0.626. The van der Waals surface area contributed by atoms with Crippen molar-refractivity contribution in [3.63, 3.8) is 0 Å². The third-order valence-electron chi connectivity index (χ3n) is 3.27. The van der Waals surface area contributed by atoms with Gasteiger partial charge < -0.3 is 15.4 Å². The molecule has 25 heavy (non-hydrogen) atoms. The lowest BCUT2D eigenvalue weighted by atomic mass is 10.0. The van der Waals surface area contributed by atoms with Crippen LogP contribution in [0.2, 0.25) is 0 Å². The van der Waals surface area contributed by atoms with Crippen LogP contribution >= 0.6 is 0 Å². The number of rotatable bonds is 8. The summed E-state index contributed by atoms with van der Waals surface area (Å²) in [5.41, 5.74) is 0.745. The number of ether oxygens (including phenoxy) is 1. The molecule has 4 nitrogen and oxygen atoms in total. The zero-order chi connectivity index (χ0) is 19.3. The van der Waals surface area contributed by atoms with E-state index >= 15 is 0 Å². The monoisotopic (exact) mass is 350 g/mol. The van der Waals surface area contributed by atoms with Crippen LogP contribution in [-0.4, -0.2) is 30.8 Å². The van der Waals surface area contributed by atoms with E-state index in [2.05, 4.69) is 36.6 Å². The van der Waals surface area contributed by atoms with Gasteiger partial charge in [-0.3, -0.25) is 0 Å². The number of alkyl carbamates (subject to hydrolysis) is 1. The van der Waals surface area contributed by atoms with Gasteiger partial charge in [-0.1, -0.05) is 58.0 Å². The van der Waals surface area contributed by atoms with Gasteiger partial charge in [0.15, 0.2) is 0 Å². The van der Waals surface area contributed by atoms with Gasteiger partial charge in [0, 0.05) is 6.04 Å². The maximum atomic E-state index is 12.0. The fourth-order valence-corrected chi connectivity index (χ4v) is 2.27. The van der Waals surface area contributed by atoms with Gasteiger partial charge in [0.05, 0.1) is 0 Å². The Bertz CT molecular complexity index is 453. The van der Waals surface area contributed by atoms with Crippen LogP contribution in [0.1, 0.15) is 60.5 Å². The quantitative estimate of drug-likeness (QED) is 0.663. The number of carbonyl (C=O) groups excluding carboxylic acids is 1. The van der Waals surface area contributed by atoms with Gasteiger partial charge in [-0.2, -0.15) is 0 Å². The number of hydrogen-bond donors (Lipinski definition) is 2. The zero-order valence-electron chi connectivity index (χ0n) is 17.2. The van der Waals surface area contributed by atoms with Crippen LogP contribution in [0.4, 0.5) is 4.79 Å². The largest absolute Gasteiger partial charge is 0.444 e. The summed E-state index contributed by atoms with van der Waals surface area (Å²) in [6, 6.07) is 10.3. The first-order valence-corrected chi connectivity index (χ1v) is 9.50. The maximum absolute atomic E-state index is 12.0. The zero-order valence-corrected chi connectivity index (χ0v) is 17.2. The molecule has 0 fully saturated rings. The number of benzene rings is 1. The van der Waals surface area contributed by atoms with Crippen molar-refractivity contribution in [2.24, 2.45) is 5.92 Å². The van der Waals surface area contributed by atoms with E-state index < -0.39 is 5.60 Å². The molecule has 0 saturated heterocycles. The molecule has 0 aliphatic carbocycles. The van der Waals surface area contributed by atoms with Crippen molar-refractivity contribution >= 4 is 6.09 Å². The summed E-state index contributed by atoms with van der Waals surface area (Å²) in [7, 11) is 0. The van der Waals surface area contributed by atoms with E-state index in [9.17, 15) is 4.79 Å². The maximum Gasteiger partial charge on any atom is 0.407 e. The van der Waals surface area contributed by atoms with Crippen LogP contribution in [-0.2, 0) is 11.2 Å². The molecule has 0 heterocycles. The van der Waals surface area contributed by atoms with E-state index in [1.165, 1.54) is 5.56 Å². The van der Waals surface area contributed by atoms with Crippen LogP contribution in [0.3, 0.4) is 0 Å². The molecule has 1 rings (SSSR count). The van der Waals surface area contributed by atoms with Crippen LogP contribution in [0.25, 0.3) is 0 Å². The second kappa shape index (κ2) is 12.8. The Morgan fingerprint density at radius 1 is 1.12 bits per heavy atom. The summed E-state index contributed by atoms with van der Waals surface area (Å²) < 4.78 is 5.38. The van der Waals surface area contributed by atoms with Crippen LogP contribution in [0, 0.1) is 5.92 Å². The highest BCUT2D eigenvalue weighted by atomic mass is 16.6. The number of amides is 1. The predicted octanol–water partition coefficient (Wildman–Crippen LogP) is 4.78. The first-order valence-electron chi connectivity index (χ1n) is 9.50. The highest BCUT2D eigenvalue weighted by Crippen LogP contribution is 2.09. The molecule has 4 heteroatoms. The smallest absolute Gasteiger partial charge is 0.407 e. The predicted molar refractivity (Wildman–Crippen MR) is 107 cm³/mol. The minimum absolute atomic E-state index is 0.0620. The van der Waals surface area contributed by atoms with Crippen LogP contribution in [0.5, 0.6) is 0 Å². The Labute approximate surface area is 154 Å². The molecule has 1 aromatic carbocycles. The van der Waals surface area contributed by atoms with Gasteiger partial charge in [-0.15, -0.1) is 0 Å². The van der Waals surface area contributed by atoms with E-state index in [1.807, 2.05) is 52.8 Å². The fraction of sp³-hybridized carbons (Fsp3) is 0.667. The third-order valence-corrected chi connectivity index (χ3v) is 3.27. The van der Waals surface area contributed by atoms with Crippen molar-refractivity contribution in [1.82, 2.24) is 10.6 Å². The molecule has 1 aromatic rings. The summed E-state index contributed by atoms with van der Waals surface area (Å²) in [5, 5.41) is 6.44. The molecule has 1 atom stereocenters. The van der Waals surface area contributed by atoms with E-state index in [0.717, 1.165) is 25.9 Å². The van der Waals surface area contributed by atoms with Gasteiger partial charge in [-0.05, 0) is 58.2 Å². The Morgan fingerprint density at radius 2 is 1.72 bits per heavy atom. The standard InChI is InChI=1S/C19H32N2O2.C2H6/c1-15(2)14-20-12-11-17(13-16-9-7-6-8-10-16)21-18(22)23-19(3,4)5;1-2/h6-10,15,17,20H,11-14H2,1-5H3,(H,21,22);1-2H3/t17-;/m1./s1. The summed E-state index contributed by atoms with van der Waals surface area (Å²) in [6.45, 7) is 15.9. The van der Waals surface area contributed by atoms with Crippen LogP contribution < -0.4 is 10.6 Å². The SMILES string of the molecule is CC.CC(C)CNCC[C@H](Cc1ccccc1)NC(=O)OC(C)(C)C. The summed E-state index contributed by atoms with van der Waals surface area (Å²) in [4.78, 5) is 12.0. The van der Waals surface area contributed by atoms with Crippen molar-refractivity contribution in [2.45, 2.75) is 73.0 Å². The van der Waals surface area contributed by atoms with E-state index in [4.69, 9.17) is 4.74 Å². The van der Waals surface area contributed by atoms with Crippen molar-refractivity contribution in [3.8, 4) is 0 Å². The highest BCUT2D eigenvalue weighted by Gasteiger charge is 2.19. The van der Waals surface area contributed by atoms with E-state index in [-0.39, 0.29) is 12.1 Å². The molecule has 0 aromatic heterocycles. The number of carbonyl (C=O) groups is 1.